The molecule has 2 aliphatic carbocycles. The third-order valence-corrected chi connectivity index (χ3v) is 4.72. The average Bonchev–Trinajstić information content (AvgIpc) is 3.17. The van der Waals surface area contributed by atoms with Gasteiger partial charge in [-0.1, -0.05) is 12.1 Å². The summed E-state index contributed by atoms with van der Waals surface area (Å²) in [6.07, 6.45) is 4.82. The molecule has 0 aromatic heterocycles. The van der Waals surface area contributed by atoms with Gasteiger partial charge in [0.2, 0.25) is 0 Å². The molecule has 0 heterocycles. The van der Waals surface area contributed by atoms with Crippen LogP contribution < -0.4 is 5.32 Å². The minimum atomic E-state index is 0.414. The SMILES string of the molecule is CC(CNC1CCc2c(O)cccc21)N(C)C1CC1. The number of hydrogen-bond donors (Lipinski definition) is 2. The standard InChI is InChI=1S/C16H24N2O/c1-11(18(2)12-6-7-12)10-17-15-9-8-14-13(15)4-3-5-16(14)19/h3-5,11-12,15,17,19H,6-10H2,1-2H3. The fraction of sp³-hybridized carbons (Fsp3) is 0.625. The summed E-state index contributed by atoms with van der Waals surface area (Å²) < 4.78 is 0. The molecule has 0 amide bonds. The van der Waals surface area contributed by atoms with Gasteiger partial charge in [0.15, 0.2) is 0 Å². The zero-order valence-electron chi connectivity index (χ0n) is 11.9. The molecule has 3 rings (SSSR count). The van der Waals surface area contributed by atoms with E-state index in [-0.39, 0.29) is 0 Å². The van der Waals surface area contributed by atoms with Crippen LogP contribution in [0.4, 0.5) is 0 Å². The van der Waals surface area contributed by atoms with E-state index in [0.29, 0.717) is 17.8 Å². The second-order valence-corrected chi connectivity index (χ2v) is 6.09. The molecule has 0 bridgehead atoms. The molecule has 2 unspecified atom stereocenters. The van der Waals surface area contributed by atoms with Crippen molar-refractivity contribution in [2.45, 2.75) is 50.7 Å². The highest BCUT2D eigenvalue weighted by Gasteiger charge is 2.30. The monoisotopic (exact) mass is 260 g/mol. The van der Waals surface area contributed by atoms with Gasteiger partial charge in [0.25, 0.3) is 0 Å². The third-order valence-electron chi connectivity index (χ3n) is 4.72. The van der Waals surface area contributed by atoms with Crippen LogP contribution in [-0.2, 0) is 6.42 Å². The van der Waals surface area contributed by atoms with Crippen molar-refractivity contribution in [1.29, 1.82) is 0 Å². The third kappa shape index (κ3) is 2.63. The molecular formula is C16H24N2O. The Balaban J connectivity index is 1.59. The van der Waals surface area contributed by atoms with E-state index >= 15 is 0 Å². The lowest BCUT2D eigenvalue weighted by Crippen LogP contribution is -2.40. The van der Waals surface area contributed by atoms with Crippen molar-refractivity contribution < 1.29 is 5.11 Å². The second-order valence-electron chi connectivity index (χ2n) is 6.09. The van der Waals surface area contributed by atoms with Gasteiger partial charge in [-0.25, -0.2) is 0 Å². The minimum Gasteiger partial charge on any atom is -0.508 e. The Kier molecular flexibility index (Phi) is 3.50. The summed E-state index contributed by atoms with van der Waals surface area (Å²) in [5.74, 6) is 0.463. The van der Waals surface area contributed by atoms with E-state index in [1.54, 1.807) is 6.07 Å². The Morgan fingerprint density at radius 2 is 2.16 bits per heavy atom. The van der Waals surface area contributed by atoms with Crippen molar-refractivity contribution in [3.8, 4) is 5.75 Å². The first kappa shape index (κ1) is 12.9. The Morgan fingerprint density at radius 1 is 1.37 bits per heavy atom. The van der Waals surface area contributed by atoms with Crippen molar-refractivity contribution in [3.63, 3.8) is 0 Å². The molecule has 19 heavy (non-hydrogen) atoms. The Hall–Kier alpha value is -1.06. The normalized spacial score (nSPS) is 23.6. The fourth-order valence-electron chi connectivity index (χ4n) is 3.15. The van der Waals surface area contributed by atoms with Gasteiger partial charge in [0, 0.05) is 24.7 Å². The highest BCUT2D eigenvalue weighted by atomic mass is 16.3. The van der Waals surface area contributed by atoms with Crippen molar-refractivity contribution in [3.05, 3.63) is 29.3 Å². The van der Waals surface area contributed by atoms with Gasteiger partial charge >= 0.3 is 0 Å². The fourth-order valence-corrected chi connectivity index (χ4v) is 3.15. The van der Waals surface area contributed by atoms with Crippen LogP contribution >= 0.6 is 0 Å². The number of phenolic OH excluding ortho intramolecular Hbond substituents is 1. The van der Waals surface area contributed by atoms with Crippen molar-refractivity contribution in [1.82, 2.24) is 10.2 Å². The van der Waals surface area contributed by atoms with Crippen molar-refractivity contribution >= 4 is 0 Å². The van der Waals surface area contributed by atoms with E-state index in [0.717, 1.165) is 31.0 Å². The first-order chi connectivity index (χ1) is 9.16. The average molecular weight is 260 g/mol. The van der Waals surface area contributed by atoms with E-state index in [9.17, 15) is 5.11 Å². The van der Waals surface area contributed by atoms with Gasteiger partial charge in [0.1, 0.15) is 5.75 Å². The second kappa shape index (κ2) is 5.14. The van der Waals surface area contributed by atoms with Crippen LogP contribution in [0.15, 0.2) is 18.2 Å². The molecule has 2 N–H and O–H groups in total. The molecule has 0 aliphatic heterocycles. The van der Waals surface area contributed by atoms with E-state index in [4.69, 9.17) is 0 Å². The summed E-state index contributed by atoms with van der Waals surface area (Å²) in [5.41, 5.74) is 2.43. The Labute approximate surface area is 115 Å². The lowest BCUT2D eigenvalue weighted by molar-refractivity contribution is 0.235. The summed E-state index contributed by atoms with van der Waals surface area (Å²) in [6, 6.07) is 7.70. The summed E-state index contributed by atoms with van der Waals surface area (Å²) in [6.45, 7) is 3.32. The summed E-state index contributed by atoms with van der Waals surface area (Å²) >= 11 is 0. The number of benzene rings is 1. The molecule has 1 aromatic carbocycles. The van der Waals surface area contributed by atoms with Crippen LogP contribution in [-0.4, -0.2) is 35.7 Å². The molecular weight excluding hydrogens is 236 g/mol. The Morgan fingerprint density at radius 3 is 2.89 bits per heavy atom. The Bertz CT molecular complexity index is 456. The highest BCUT2D eigenvalue weighted by molar-refractivity contribution is 5.44. The predicted octanol–water partition coefficient (Wildman–Crippen LogP) is 2.45. The van der Waals surface area contributed by atoms with Gasteiger partial charge in [-0.2, -0.15) is 0 Å². The van der Waals surface area contributed by atoms with Gasteiger partial charge in [-0.15, -0.1) is 0 Å². The van der Waals surface area contributed by atoms with Crippen molar-refractivity contribution in [2.75, 3.05) is 13.6 Å². The number of rotatable bonds is 5. The number of fused-ring (bicyclic) bond motifs is 1. The van der Waals surface area contributed by atoms with E-state index in [2.05, 4.69) is 30.3 Å². The molecule has 1 fully saturated rings. The molecule has 1 saturated carbocycles. The molecule has 2 atom stereocenters. The maximum Gasteiger partial charge on any atom is 0.119 e. The maximum atomic E-state index is 9.86. The lowest BCUT2D eigenvalue weighted by Gasteiger charge is -2.26. The zero-order chi connectivity index (χ0) is 13.4. The van der Waals surface area contributed by atoms with Crippen LogP contribution in [0.25, 0.3) is 0 Å². The maximum absolute atomic E-state index is 9.86. The minimum absolute atomic E-state index is 0.414. The lowest BCUT2D eigenvalue weighted by atomic mass is 10.1. The molecule has 0 spiro atoms. The van der Waals surface area contributed by atoms with Gasteiger partial charge < -0.3 is 10.4 Å². The highest BCUT2D eigenvalue weighted by Crippen LogP contribution is 2.36. The quantitative estimate of drug-likeness (QED) is 0.853. The van der Waals surface area contributed by atoms with E-state index < -0.39 is 0 Å². The predicted molar refractivity (Wildman–Crippen MR) is 77.4 cm³/mol. The van der Waals surface area contributed by atoms with Gasteiger partial charge in [0.05, 0.1) is 0 Å². The number of likely N-dealkylation sites (N-methyl/N-ethyl adjacent to an activating group) is 1. The van der Waals surface area contributed by atoms with Crippen LogP contribution in [0.5, 0.6) is 5.75 Å². The van der Waals surface area contributed by atoms with Crippen LogP contribution in [0.3, 0.4) is 0 Å². The zero-order valence-corrected chi connectivity index (χ0v) is 11.9. The first-order valence-corrected chi connectivity index (χ1v) is 7.43. The molecule has 2 aliphatic rings. The van der Waals surface area contributed by atoms with Crippen LogP contribution in [0, 0.1) is 0 Å². The summed E-state index contributed by atoms with van der Waals surface area (Å²) in [5, 5.41) is 13.5. The van der Waals surface area contributed by atoms with Crippen molar-refractivity contribution in [2.24, 2.45) is 0 Å². The van der Waals surface area contributed by atoms with Gasteiger partial charge in [-0.05, 0) is 56.8 Å². The summed E-state index contributed by atoms with van der Waals surface area (Å²) in [7, 11) is 2.23. The molecule has 3 heteroatoms. The van der Waals surface area contributed by atoms with Gasteiger partial charge in [-0.3, -0.25) is 4.90 Å². The van der Waals surface area contributed by atoms with Crippen LogP contribution in [0.2, 0.25) is 0 Å². The van der Waals surface area contributed by atoms with E-state index in [1.807, 2.05) is 6.07 Å². The molecule has 0 radical (unpaired) electrons. The topological polar surface area (TPSA) is 35.5 Å². The number of nitrogens with one attached hydrogen (secondary N) is 1. The number of aromatic hydroxyl groups is 1. The number of phenols is 1. The number of nitrogens with zero attached hydrogens (tertiary/aromatic N) is 1. The van der Waals surface area contributed by atoms with Crippen LogP contribution in [0.1, 0.15) is 43.4 Å². The first-order valence-electron chi connectivity index (χ1n) is 7.43. The number of hydrogen-bond acceptors (Lipinski definition) is 3. The molecule has 1 aromatic rings. The molecule has 104 valence electrons. The molecule has 3 nitrogen and oxygen atoms in total. The smallest absolute Gasteiger partial charge is 0.119 e. The summed E-state index contributed by atoms with van der Waals surface area (Å²) in [4.78, 5) is 2.49. The van der Waals surface area contributed by atoms with E-state index in [1.165, 1.54) is 18.4 Å². The molecule has 0 saturated heterocycles. The largest absolute Gasteiger partial charge is 0.508 e.